The Bertz CT molecular complexity index is 1080. The molecule has 0 spiro atoms. The van der Waals surface area contributed by atoms with Crippen LogP contribution in [0.5, 0.6) is 5.75 Å². The molecule has 3 aromatic rings. The molecule has 154 valence electrons. The van der Waals surface area contributed by atoms with Gasteiger partial charge in [-0.05, 0) is 37.1 Å². The molecule has 1 heterocycles. The summed E-state index contributed by atoms with van der Waals surface area (Å²) in [5, 5.41) is 22.3. The number of phenols is 1. The molecular formula is C22H23ClN6O. The van der Waals surface area contributed by atoms with Gasteiger partial charge in [0.15, 0.2) is 0 Å². The Kier molecular flexibility index (Phi) is 5.22. The molecule has 1 aliphatic rings. The highest BCUT2D eigenvalue weighted by atomic mass is 35.5. The molecule has 0 aliphatic heterocycles. The van der Waals surface area contributed by atoms with Crippen LogP contribution in [0.15, 0.2) is 54.9 Å². The van der Waals surface area contributed by atoms with Gasteiger partial charge in [-0.25, -0.2) is 9.97 Å². The molecule has 0 atom stereocenters. The molecular weight excluding hydrogens is 400 g/mol. The van der Waals surface area contributed by atoms with Crippen molar-refractivity contribution in [2.45, 2.75) is 18.4 Å². The number of hydrogen-bond acceptors (Lipinski definition) is 7. The number of hydrogen-bond donors (Lipinski definition) is 4. The molecule has 0 bridgehead atoms. The van der Waals surface area contributed by atoms with Crippen molar-refractivity contribution >= 4 is 34.6 Å². The lowest BCUT2D eigenvalue weighted by Crippen LogP contribution is -2.37. The predicted molar refractivity (Wildman–Crippen MR) is 121 cm³/mol. The van der Waals surface area contributed by atoms with E-state index in [1.165, 1.54) is 12.4 Å². The lowest BCUT2D eigenvalue weighted by molar-refractivity contribution is 0.475. The van der Waals surface area contributed by atoms with Crippen molar-refractivity contribution in [3.8, 4) is 5.75 Å². The maximum absolute atomic E-state index is 9.93. The SMILES string of the molecule is CN(CC1(Nc2ncnc(N)c2C(=N)c2ccc(Cl)c(O)c2)CC1)c1ccccc1. The number of aromatic nitrogens is 2. The Labute approximate surface area is 180 Å². The molecule has 1 fully saturated rings. The summed E-state index contributed by atoms with van der Waals surface area (Å²) in [4.78, 5) is 10.7. The van der Waals surface area contributed by atoms with Gasteiger partial charge in [0, 0.05) is 24.8 Å². The molecule has 2 aromatic carbocycles. The van der Waals surface area contributed by atoms with Crippen molar-refractivity contribution in [2.75, 3.05) is 29.5 Å². The number of benzene rings is 2. The van der Waals surface area contributed by atoms with Crippen LogP contribution in [0.2, 0.25) is 5.02 Å². The summed E-state index contributed by atoms with van der Waals surface area (Å²) in [6.07, 6.45) is 3.37. The van der Waals surface area contributed by atoms with Crippen LogP contribution in [-0.4, -0.2) is 39.9 Å². The van der Waals surface area contributed by atoms with E-state index in [4.69, 9.17) is 22.7 Å². The van der Waals surface area contributed by atoms with Gasteiger partial charge in [0.1, 0.15) is 23.7 Å². The number of rotatable bonds is 7. The van der Waals surface area contributed by atoms with Gasteiger partial charge < -0.3 is 21.1 Å². The predicted octanol–water partition coefficient (Wildman–Crippen LogP) is 3.91. The zero-order valence-corrected chi connectivity index (χ0v) is 17.3. The summed E-state index contributed by atoms with van der Waals surface area (Å²) in [5.41, 5.74) is 8.12. The Morgan fingerprint density at radius 1 is 1.23 bits per heavy atom. The van der Waals surface area contributed by atoms with Crippen LogP contribution >= 0.6 is 11.6 Å². The number of para-hydroxylation sites is 1. The first-order chi connectivity index (χ1) is 14.4. The highest BCUT2D eigenvalue weighted by molar-refractivity contribution is 6.32. The molecule has 0 unspecified atom stereocenters. The number of aromatic hydroxyl groups is 1. The maximum Gasteiger partial charge on any atom is 0.141 e. The van der Waals surface area contributed by atoms with Crippen molar-refractivity contribution in [2.24, 2.45) is 0 Å². The van der Waals surface area contributed by atoms with Crippen LogP contribution in [0.25, 0.3) is 0 Å². The van der Waals surface area contributed by atoms with Crippen molar-refractivity contribution in [3.63, 3.8) is 0 Å². The van der Waals surface area contributed by atoms with E-state index in [0.717, 1.165) is 25.1 Å². The second-order valence-electron chi connectivity index (χ2n) is 7.62. The minimum Gasteiger partial charge on any atom is -0.506 e. The third-order valence-electron chi connectivity index (χ3n) is 5.34. The molecule has 1 saturated carbocycles. The highest BCUT2D eigenvalue weighted by Gasteiger charge is 2.44. The molecule has 8 heteroatoms. The average Bonchev–Trinajstić information content (AvgIpc) is 3.49. The monoisotopic (exact) mass is 422 g/mol. The minimum absolute atomic E-state index is 0.0907. The van der Waals surface area contributed by atoms with E-state index in [9.17, 15) is 5.11 Å². The zero-order valence-electron chi connectivity index (χ0n) is 16.6. The number of nitrogens with two attached hydrogens (primary N) is 1. The van der Waals surface area contributed by atoms with Crippen LogP contribution < -0.4 is 16.0 Å². The fourth-order valence-corrected chi connectivity index (χ4v) is 3.62. The summed E-state index contributed by atoms with van der Waals surface area (Å²) >= 11 is 5.90. The van der Waals surface area contributed by atoms with Gasteiger partial charge in [0.2, 0.25) is 0 Å². The van der Waals surface area contributed by atoms with Gasteiger partial charge in [0.05, 0.1) is 21.8 Å². The molecule has 7 nitrogen and oxygen atoms in total. The lowest BCUT2D eigenvalue weighted by atomic mass is 10.0. The van der Waals surface area contributed by atoms with Gasteiger partial charge in [-0.3, -0.25) is 5.41 Å². The number of likely N-dealkylation sites (N-methyl/N-ethyl adjacent to an activating group) is 1. The van der Waals surface area contributed by atoms with Crippen molar-refractivity contribution in [3.05, 3.63) is 71.0 Å². The first-order valence-electron chi connectivity index (χ1n) is 9.61. The number of nitrogens with zero attached hydrogens (tertiary/aromatic N) is 3. The van der Waals surface area contributed by atoms with Crippen molar-refractivity contribution in [1.82, 2.24) is 9.97 Å². The van der Waals surface area contributed by atoms with E-state index in [1.54, 1.807) is 12.1 Å². The molecule has 1 aromatic heterocycles. The van der Waals surface area contributed by atoms with E-state index in [0.29, 0.717) is 16.9 Å². The Morgan fingerprint density at radius 3 is 2.63 bits per heavy atom. The van der Waals surface area contributed by atoms with Crippen LogP contribution in [0.4, 0.5) is 17.3 Å². The molecule has 0 radical (unpaired) electrons. The molecule has 30 heavy (non-hydrogen) atoms. The fraction of sp³-hybridized carbons (Fsp3) is 0.227. The van der Waals surface area contributed by atoms with E-state index < -0.39 is 0 Å². The van der Waals surface area contributed by atoms with E-state index in [2.05, 4.69) is 39.4 Å². The summed E-state index contributed by atoms with van der Waals surface area (Å²) < 4.78 is 0. The normalized spacial score (nSPS) is 14.2. The summed E-state index contributed by atoms with van der Waals surface area (Å²) in [5.74, 6) is 0.632. The van der Waals surface area contributed by atoms with Gasteiger partial charge in [0.25, 0.3) is 0 Å². The largest absolute Gasteiger partial charge is 0.506 e. The van der Waals surface area contributed by atoms with Crippen LogP contribution in [0.3, 0.4) is 0 Å². The van der Waals surface area contributed by atoms with Crippen LogP contribution in [0.1, 0.15) is 24.0 Å². The fourth-order valence-electron chi connectivity index (χ4n) is 3.51. The number of nitrogens with one attached hydrogen (secondary N) is 2. The lowest BCUT2D eigenvalue weighted by Gasteiger charge is -2.27. The third kappa shape index (κ3) is 4.02. The number of nitrogen functional groups attached to an aromatic ring is 1. The van der Waals surface area contributed by atoms with Gasteiger partial charge in [-0.15, -0.1) is 0 Å². The molecule has 5 N–H and O–H groups in total. The molecule has 4 rings (SSSR count). The Hall–Kier alpha value is -3.32. The minimum atomic E-state index is -0.150. The summed E-state index contributed by atoms with van der Waals surface area (Å²) in [6.45, 7) is 0.787. The highest BCUT2D eigenvalue weighted by Crippen LogP contribution is 2.41. The van der Waals surface area contributed by atoms with Crippen LogP contribution in [0, 0.1) is 5.41 Å². The Balaban J connectivity index is 1.60. The van der Waals surface area contributed by atoms with Crippen LogP contribution in [-0.2, 0) is 0 Å². The smallest absolute Gasteiger partial charge is 0.141 e. The van der Waals surface area contributed by atoms with Gasteiger partial charge >= 0.3 is 0 Å². The quantitative estimate of drug-likeness (QED) is 0.429. The Morgan fingerprint density at radius 2 is 1.97 bits per heavy atom. The van der Waals surface area contributed by atoms with Crippen molar-refractivity contribution in [1.29, 1.82) is 5.41 Å². The number of phenolic OH excluding ortho intramolecular Hbond substituents is 1. The first kappa shape index (κ1) is 20.0. The van der Waals surface area contributed by atoms with E-state index >= 15 is 0 Å². The third-order valence-corrected chi connectivity index (χ3v) is 5.65. The summed E-state index contributed by atoms with van der Waals surface area (Å²) in [7, 11) is 2.06. The summed E-state index contributed by atoms with van der Waals surface area (Å²) in [6, 6.07) is 14.8. The average molecular weight is 423 g/mol. The second kappa shape index (κ2) is 7.84. The number of anilines is 3. The second-order valence-corrected chi connectivity index (χ2v) is 8.03. The van der Waals surface area contributed by atoms with E-state index in [-0.39, 0.29) is 27.8 Å². The molecule has 1 aliphatic carbocycles. The van der Waals surface area contributed by atoms with Crippen molar-refractivity contribution < 1.29 is 5.11 Å². The molecule has 0 saturated heterocycles. The van der Waals surface area contributed by atoms with Gasteiger partial charge in [-0.1, -0.05) is 35.9 Å². The standard InChI is InChI=1S/C22H23ClN6O/c1-29(15-5-3-2-4-6-15)12-22(9-10-22)28-21-18(20(25)26-13-27-21)19(24)14-7-8-16(23)17(30)11-14/h2-8,11,13,24,30H,9-10,12H2,1H3,(H3,25,26,27,28). The van der Waals surface area contributed by atoms with E-state index in [1.807, 2.05) is 18.2 Å². The number of halogens is 1. The molecule has 0 amide bonds. The maximum atomic E-state index is 9.93. The zero-order chi connectivity index (χ0) is 21.3. The van der Waals surface area contributed by atoms with Gasteiger partial charge in [-0.2, -0.15) is 0 Å². The topological polar surface area (TPSA) is 111 Å². The first-order valence-corrected chi connectivity index (χ1v) is 9.99.